The van der Waals surface area contributed by atoms with Crippen molar-refractivity contribution in [1.82, 2.24) is 20.3 Å². The summed E-state index contributed by atoms with van der Waals surface area (Å²) in [6, 6.07) is 15.3. The van der Waals surface area contributed by atoms with Crippen LogP contribution in [-0.2, 0) is 6.54 Å². The minimum Gasteiger partial charge on any atom is -0.322 e. The van der Waals surface area contributed by atoms with Crippen LogP contribution in [0, 0.1) is 12.8 Å². The molecule has 0 bridgehead atoms. The summed E-state index contributed by atoms with van der Waals surface area (Å²) in [7, 11) is 0. The van der Waals surface area contributed by atoms with Crippen LogP contribution in [0.2, 0.25) is 0 Å². The predicted octanol–water partition coefficient (Wildman–Crippen LogP) is 3.89. The van der Waals surface area contributed by atoms with E-state index in [-0.39, 0.29) is 11.4 Å². The molecule has 0 radical (unpaired) electrons. The fraction of sp³-hybridized carbons (Fsp3) is 0.348. The molecule has 4 rings (SSSR count). The van der Waals surface area contributed by atoms with Crippen molar-refractivity contribution in [3.63, 3.8) is 0 Å². The lowest BCUT2D eigenvalue weighted by Crippen LogP contribution is -2.31. The molecular weight excluding hydrogens is 362 g/mol. The van der Waals surface area contributed by atoms with Gasteiger partial charge in [0.25, 0.3) is 5.91 Å². The molecule has 0 aliphatic carbocycles. The highest BCUT2D eigenvalue weighted by molar-refractivity contribution is 6.05. The molecule has 2 aromatic carbocycles. The number of anilines is 1. The lowest BCUT2D eigenvalue weighted by Gasteiger charge is -2.17. The molecule has 0 spiro atoms. The number of aryl methyl sites for hydroxylation is 1. The van der Waals surface area contributed by atoms with Gasteiger partial charge in [0.2, 0.25) is 0 Å². The topological polar surface area (TPSA) is 71.8 Å². The van der Waals surface area contributed by atoms with E-state index in [1.165, 1.54) is 0 Å². The van der Waals surface area contributed by atoms with Gasteiger partial charge in [-0.15, -0.1) is 5.10 Å². The highest BCUT2D eigenvalue weighted by Gasteiger charge is 2.30. The largest absolute Gasteiger partial charge is 0.322 e. The third kappa shape index (κ3) is 4.54. The number of nitrogens with zero attached hydrogens (tertiary/aromatic N) is 3. The van der Waals surface area contributed by atoms with E-state index >= 15 is 0 Å². The maximum atomic E-state index is 12.8. The van der Waals surface area contributed by atoms with Gasteiger partial charge >= 0.3 is 0 Å². The minimum absolute atomic E-state index is 0.123. The van der Waals surface area contributed by atoms with Gasteiger partial charge in [-0.05, 0) is 56.9 Å². The Morgan fingerprint density at radius 1 is 1.24 bits per heavy atom. The van der Waals surface area contributed by atoms with Gasteiger partial charge in [-0.25, -0.2) is 0 Å². The summed E-state index contributed by atoms with van der Waals surface area (Å²) in [4.78, 5) is 12.8. The average Bonchev–Trinajstić information content (AvgIpc) is 3.29. The molecule has 6 heteroatoms. The number of rotatable bonds is 5. The smallest absolute Gasteiger partial charge is 0.255 e. The maximum absolute atomic E-state index is 12.8. The number of hydrogen-bond donors (Lipinski definition) is 2. The van der Waals surface area contributed by atoms with Gasteiger partial charge in [-0.1, -0.05) is 35.5 Å². The Kier molecular flexibility index (Phi) is 5.20. The first-order valence-corrected chi connectivity index (χ1v) is 10.0. The van der Waals surface area contributed by atoms with Crippen LogP contribution in [0.15, 0.2) is 54.7 Å². The van der Waals surface area contributed by atoms with Crippen LogP contribution in [-0.4, -0.2) is 33.0 Å². The van der Waals surface area contributed by atoms with Gasteiger partial charge < -0.3 is 10.6 Å². The summed E-state index contributed by atoms with van der Waals surface area (Å²) in [6.45, 7) is 8.24. The fourth-order valence-electron chi connectivity index (χ4n) is 3.95. The number of hydrogen-bond acceptors (Lipinski definition) is 4. The third-order valence-corrected chi connectivity index (χ3v) is 5.46. The highest BCUT2D eigenvalue weighted by atomic mass is 16.1. The maximum Gasteiger partial charge on any atom is 0.255 e. The Morgan fingerprint density at radius 2 is 2.03 bits per heavy atom. The van der Waals surface area contributed by atoms with Crippen molar-refractivity contribution in [3.8, 4) is 11.3 Å². The average molecular weight is 390 g/mol. The van der Waals surface area contributed by atoms with E-state index < -0.39 is 0 Å². The molecule has 1 atom stereocenters. The third-order valence-electron chi connectivity index (χ3n) is 5.46. The molecular formula is C23H27N5O. The molecule has 1 aliphatic heterocycles. The molecule has 1 saturated heterocycles. The van der Waals surface area contributed by atoms with Crippen LogP contribution >= 0.6 is 0 Å². The van der Waals surface area contributed by atoms with E-state index in [1.54, 1.807) is 0 Å². The number of aromatic nitrogens is 3. The van der Waals surface area contributed by atoms with Crippen molar-refractivity contribution in [1.29, 1.82) is 0 Å². The van der Waals surface area contributed by atoms with Crippen molar-refractivity contribution in [2.45, 2.75) is 39.3 Å². The molecule has 6 nitrogen and oxygen atoms in total. The van der Waals surface area contributed by atoms with Gasteiger partial charge in [-0.3, -0.25) is 9.48 Å². The SMILES string of the molecule is Cc1ccc(-c2cn(CC3CNC(C)(C)C3)nn2)cc1C(=O)Nc1ccccc1. The summed E-state index contributed by atoms with van der Waals surface area (Å²) < 4.78 is 1.91. The minimum atomic E-state index is -0.123. The second-order valence-electron chi connectivity index (χ2n) is 8.51. The van der Waals surface area contributed by atoms with E-state index in [2.05, 4.69) is 34.8 Å². The van der Waals surface area contributed by atoms with Gasteiger partial charge in [-0.2, -0.15) is 0 Å². The highest BCUT2D eigenvalue weighted by Crippen LogP contribution is 2.25. The Morgan fingerprint density at radius 3 is 2.76 bits per heavy atom. The van der Waals surface area contributed by atoms with Crippen molar-refractivity contribution >= 4 is 11.6 Å². The molecule has 1 aliphatic rings. The van der Waals surface area contributed by atoms with E-state index in [9.17, 15) is 4.79 Å². The number of para-hydroxylation sites is 1. The zero-order chi connectivity index (χ0) is 20.4. The molecule has 1 aromatic heterocycles. The first kappa shape index (κ1) is 19.3. The van der Waals surface area contributed by atoms with Crippen LogP contribution in [0.25, 0.3) is 11.3 Å². The van der Waals surface area contributed by atoms with Crippen molar-refractivity contribution < 1.29 is 4.79 Å². The number of amides is 1. The summed E-state index contributed by atoms with van der Waals surface area (Å²) in [5.41, 5.74) is 4.21. The standard InChI is InChI=1S/C23H27N5O/c1-16-9-10-18(11-20(16)22(29)25-19-7-5-4-6-8-19)21-15-28(27-26-21)14-17-12-23(2,3)24-13-17/h4-11,15,17,24H,12-14H2,1-3H3,(H,25,29). The number of benzene rings is 2. The Labute approximate surface area is 171 Å². The zero-order valence-corrected chi connectivity index (χ0v) is 17.1. The Balaban J connectivity index is 1.50. The quantitative estimate of drug-likeness (QED) is 0.694. The molecule has 1 unspecified atom stereocenters. The second kappa shape index (κ2) is 7.79. The first-order valence-electron chi connectivity index (χ1n) is 10.0. The van der Waals surface area contributed by atoms with Gasteiger partial charge in [0, 0.05) is 35.4 Å². The second-order valence-corrected chi connectivity index (χ2v) is 8.51. The molecule has 150 valence electrons. The van der Waals surface area contributed by atoms with Gasteiger partial charge in [0.1, 0.15) is 5.69 Å². The van der Waals surface area contributed by atoms with E-state index in [1.807, 2.05) is 66.3 Å². The number of carbonyl (C=O) groups is 1. The van der Waals surface area contributed by atoms with Crippen LogP contribution in [0.4, 0.5) is 5.69 Å². The molecule has 2 heterocycles. The van der Waals surface area contributed by atoms with E-state index in [4.69, 9.17) is 0 Å². The molecule has 2 N–H and O–H groups in total. The molecule has 3 aromatic rings. The Hall–Kier alpha value is -2.99. The monoisotopic (exact) mass is 389 g/mol. The first-order chi connectivity index (χ1) is 13.9. The van der Waals surface area contributed by atoms with Crippen molar-refractivity contribution in [3.05, 3.63) is 65.9 Å². The van der Waals surface area contributed by atoms with Crippen LogP contribution in [0.5, 0.6) is 0 Å². The van der Waals surface area contributed by atoms with Crippen molar-refractivity contribution in [2.24, 2.45) is 5.92 Å². The number of nitrogens with one attached hydrogen (secondary N) is 2. The van der Waals surface area contributed by atoms with Gasteiger partial charge in [0.05, 0.1) is 6.20 Å². The van der Waals surface area contributed by atoms with Gasteiger partial charge in [0.15, 0.2) is 0 Å². The zero-order valence-electron chi connectivity index (χ0n) is 17.1. The summed E-state index contributed by atoms with van der Waals surface area (Å²) in [6.07, 6.45) is 3.09. The summed E-state index contributed by atoms with van der Waals surface area (Å²) in [5, 5.41) is 15.1. The lowest BCUT2D eigenvalue weighted by atomic mass is 9.97. The number of carbonyl (C=O) groups excluding carboxylic acids is 1. The predicted molar refractivity (Wildman–Crippen MR) is 115 cm³/mol. The van der Waals surface area contributed by atoms with Crippen molar-refractivity contribution in [2.75, 3.05) is 11.9 Å². The van der Waals surface area contributed by atoms with Crippen LogP contribution in [0.1, 0.15) is 36.2 Å². The molecule has 1 amide bonds. The Bertz CT molecular complexity index is 1010. The molecule has 0 saturated carbocycles. The van der Waals surface area contributed by atoms with Crippen LogP contribution in [0.3, 0.4) is 0 Å². The normalized spacial score (nSPS) is 18.0. The summed E-state index contributed by atoms with van der Waals surface area (Å²) in [5.74, 6) is 0.423. The lowest BCUT2D eigenvalue weighted by molar-refractivity contribution is 0.102. The fourth-order valence-corrected chi connectivity index (χ4v) is 3.95. The molecule has 1 fully saturated rings. The molecule has 29 heavy (non-hydrogen) atoms. The van der Waals surface area contributed by atoms with E-state index in [0.717, 1.165) is 42.0 Å². The van der Waals surface area contributed by atoms with Crippen LogP contribution < -0.4 is 10.6 Å². The summed E-state index contributed by atoms with van der Waals surface area (Å²) >= 11 is 0. The van der Waals surface area contributed by atoms with E-state index in [0.29, 0.717) is 11.5 Å².